The standard InChI is InChI=1S/C31H33F2N7O.C2H3N/c1-17-15-22-28(26(33)25(17)27-21-8-5-4-7-20(21)23(32)16-35-27)36-31(41-18(2)24-9-6-14-39(24)3)29-30(22)40(38-37-29)19-10-12-34-13-11-19;1-2-3/h4-5,7-8,15-16,18-19,24,34H,6,9-14H2,1-3H3;1H3. The largest absolute Gasteiger partial charge is 0.471 e. The summed E-state index contributed by atoms with van der Waals surface area (Å²) in [6.45, 7) is 8.09. The molecule has 2 aromatic carbocycles. The van der Waals surface area contributed by atoms with Gasteiger partial charge in [-0.05, 0) is 77.8 Å². The smallest absolute Gasteiger partial charge is 0.245 e. The molecule has 0 saturated carbocycles. The number of rotatable bonds is 5. The van der Waals surface area contributed by atoms with Gasteiger partial charge in [-0.15, -0.1) is 5.10 Å². The number of nitrogens with zero attached hydrogens (tertiary/aromatic N) is 7. The highest BCUT2D eigenvalue weighted by Gasteiger charge is 2.31. The second-order valence-corrected chi connectivity index (χ2v) is 11.6. The first-order valence-corrected chi connectivity index (χ1v) is 15.1. The van der Waals surface area contributed by atoms with Crippen LogP contribution in [-0.4, -0.2) is 68.7 Å². The van der Waals surface area contributed by atoms with Crippen molar-refractivity contribution in [2.45, 2.75) is 64.6 Å². The molecule has 5 aromatic rings. The van der Waals surface area contributed by atoms with Crippen LogP contribution in [0.4, 0.5) is 8.78 Å². The number of piperidine rings is 1. The summed E-state index contributed by atoms with van der Waals surface area (Å²) in [6, 6.07) is 11.1. The van der Waals surface area contributed by atoms with Gasteiger partial charge in [0, 0.05) is 34.7 Å². The van der Waals surface area contributed by atoms with Gasteiger partial charge in [0.05, 0.1) is 24.0 Å². The molecule has 11 heteroatoms. The predicted octanol–water partition coefficient (Wildman–Crippen LogP) is 6.10. The lowest BCUT2D eigenvalue weighted by molar-refractivity contribution is 0.118. The van der Waals surface area contributed by atoms with E-state index < -0.39 is 11.6 Å². The van der Waals surface area contributed by atoms with E-state index in [4.69, 9.17) is 15.0 Å². The second-order valence-electron chi connectivity index (χ2n) is 11.6. The van der Waals surface area contributed by atoms with E-state index in [2.05, 4.69) is 32.6 Å². The summed E-state index contributed by atoms with van der Waals surface area (Å²) >= 11 is 0. The molecular weight excluding hydrogens is 562 g/mol. The van der Waals surface area contributed by atoms with Crippen LogP contribution >= 0.6 is 0 Å². The molecule has 44 heavy (non-hydrogen) atoms. The normalized spacial score (nSPS) is 18.3. The topological polar surface area (TPSA) is 105 Å². The van der Waals surface area contributed by atoms with Crippen molar-refractivity contribution in [3.63, 3.8) is 0 Å². The van der Waals surface area contributed by atoms with E-state index in [1.165, 1.54) is 6.92 Å². The highest BCUT2D eigenvalue weighted by molar-refractivity contribution is 6.07. The predicted molar refractivity (Wildman–Crippen MR) is 166 cm³/mol. The van der Waals surface area contributed by atoms with Crippen LogP contribution in [0.5, 0.6) is 5.88 Å². The quantitative estimate of drug-likeness (QED) is 0.259. The highest BCUT2D eigenvalue weighted by Crippen LogP contribution is 2.40. The van der Waals surface area contributed by atoms with Gasteiger partial charge < -0.3 is 10.1 Å². The maximum atomic E-state index is 16.8. The molecule has 5 heterocycles. The van der Waals surface area contributed by atoms with Gasteiger partial charge >= 0.3 is 0 Å². The fourth-order valence-electron chi connectivity index (χ4n) is 6.72. The lowest BCUT2D eigenvalue weighted by atomic mass is 9.96. The minimum Gasteiger partial charge on any atom is -0.471 e. The molecule has 0 bridgehead atoms. The summed E-state index contributed by atoms with van der Waals surface area (Å²) in [6.07, 6.45) is 4.91. The van der Waals surface area contributed by atoms with E-state index in [-0.39, 0.29) is 29.6 Å². The number of pyridine rings is 2. The Morgan fingerprint density at radius 3 is 2.52 bits per heavy atom. The maximum Gasteiger partial charge on any atom is 0.245 e. The first kappa shape index (κ1) is 29.8. The number of aryl methyl sites for hydroxylation is 1. The Labute approximate surface area is 254 Å². The van der Waals surface area contributed by atoms with Crippen LogP contribution in [0.3, 0.4) is 0 Å². The first-order valence-electron chi connectivity index (χ1n) is 15.1. The van der Waals surface area contributed by atoms with Crippen LogP contribution in [-0.2, 0) is 0 Å². The monoisotopic (exact) mass is 598 g/mol. The molecule has 0 spiro atoms. The third kappa shape index (κ3) is 5.22. The molecule has 2 fully saturated rings. The zero-order chi connectivity index (χ0) is 31.0. The number of aromatic nitrogens is 5. The Morgan fingerprint density at radius 2 is 1.82 bits per heavy atom. The molecule has 0 radical (unpaired) electrons. The number of benzene rings is 2. The van der Waals surface area contributed by atoms with E-state index in [9.17, 15) is 4.39 Å². The van der Waals surface area contributed by atoms with Gasteiger partial charge in [0.1, 0.15) is 23.0 Å². The fraction of sp³-hybridized carbons (Fsp3) is 0.424. The maximum absolute atomic E-state index is 16.8. The van der Waals surface area contributed by atoms with Crippen LogP contribution in [0.1, 0.15) is 51.1 Å². The lowest BCUT2D eigenvalue weighted by Crippen LogP contribution is -2.38. The molecule has 0 aliphatic carbocycles. The van der Waals surface area contributed by atoms with Crippen LogP contribution < -0.4 is 10.1 Å². The fourth-order valence-corrected chi connectivity index (χ4v) is 6.72. The molecule has 228 valence electrons. The molecule has 7 rings (SSSR count). The summed E-state index contributed by atoms with van der Waals surface area (Å²) < 4.78 is 39.9. The summed E-state index contributed by atoms with van der Waals surface area (Å²) in [5.74, 6) is -0.674. The van der Waals surface area contributed by atoms with Crippen molar-refractivity contribution in [2.24, 2.45) is 0 Å². The zero-order valence-electron chi connectivity index (χ0n) is 25.4. The van der Waals surface area contributed by atoms with Crippen molar-refractivity contribution in [3.8, 4) is 23.2 Å². The summed E-state index contributed by atoms with van der Waals surface area (Å²) in [5, 5.41) is 21.4. The minimum absolute atomic E-state index is 0.129. The second kappa shape index (κ2) is 12.4. The van der Waals surface area contributed by atoms with Crippen molar-refractivity contribution < 1.29 is 13.5 Å². The number of ether oxygens (including phenoxy) is 1. The van der Waals surface area contributed by atoms with Crippen molar-refractivity contribution in [1.82, 2.24) is 35.2 Å². The Kier molecular flexibility index (Phi) is 8.38. The van der Waals surface area contributed by atoms with Crippen molar-refractivity contribution in [3.05, 3.63) is 53.7 Å². The molecule has 2 saturated heterocycles. The van der Waals surface area contributed by atoms with Gasteiger partial charge in [-0.2, -0.15) is 5.26 Å². The van der Waals surface area contributed by atoms with E-state index in [1.54, 1.807) is 30.3 Å². The molecule has 2 aliphatic rings. The van der Waals surface area contributed by atoms with Gasteiger partial charge in [0.15, 0.2) is 11.3 Å². The minimum atomic E-state index is -0.514. The van der Waals surface area contributed by atoms with E-state index in [0.717, 1.165) is 57.0 Å². The van der Waals surface area contributed by atoms with Gasteiger partial charge in [-0.1, -0.05) is 29.5 Å². The van der Waals surface area contributed by atoms with Gasteiger partial charge in [-0.3, -0.25) is 9.88 Å². The van der Waals surface area contributed by atoms with Gasteiger partial charge in [0.2, 0.25) is 5.88 Å². The number of hydrogen-bond acceptors (Lipinski definition) is 8. The molecule has 2 atom stereocenters. The SMILES string of the molecule is CC#N.Cc1cc2c(nc(OC(C)C3CCCN3C)c3nnn(C4CCNCC4)c32)c(F)c1-c1ncc(F)c2ccccc12. The van der Waals surface area contributed by atoms with Gasteiger partial charge in [0.25, 0.3) is 0 Å². The van der Waals surface area contributed by atoms with E-state index in [1.807, 2.05) is 24.6 Å². The van der Waals surface area contributed by atoms with Crippen LogP contribution in [0.15, 0.2) is 36.5 Å². The summed E-state index contributed by atoms with van der Waals surface area (Å²) in [7, 11) is 2.10. The van der Waals surface area contributed by atoms with Gasteiger partial charge in [-0.25, -0.2) is 18.4 Å². The summed E-state index contributed by atoms with van der Waals surface area (Å²) in [4.78, 5) is 11.4. The molecular formula is C33H36F2N8O. The van der Waals surface area contributed by atoms with Crippen LogP contribution in [0.2, 0.25) is 0 Å². The molecule has 9 nitrogen and oxygen atoms in total. The Hall–Kier alpha value is -4.27. The average molecular weight is 599 g/mol. The number of halogens is 2. The molecule has 2 unspecified atom stereocenters. The van der Waals surface area contributed by atoms with Crippen molar-refractivity contribution in [2.75, 3.05) is 26.7 Å². The molecule has 0 amide bonds. The number of nitrogens with one attached hydrogen (secondary N) is 1. The van der Waals surface area contributed by atoms with Crippen LogP contribution in [0.25, 0.3) is 44.0 Å². The number of likely N-dealkylation sites (tertiary alicyclic amines) is 1. The van der Waals surface area contributed by atoms with Crippen molar-refractivity contribution in [1.29, 1.82) is 5.26 Å². The third-order valence-corrected chi connectivity index (χ3v) is 8.86. The number of nitriles is 1. The number of fused-ring (bicyclic) bond motifs is 4. The van der Waals surface area contributed by atoms with Crippen LogP contribution in [0, 0.1) is 29.9 Å². The number of hydrogen-bond donors (Lipinski definition) is 1. The van der Waals surface area contributed by atoms with Crippen molar-refractivity contribution >= 4 is 32.7 Å². The first-order chi connectivity index (χ1) is 21.3. The average Bonchev–Trinajstić information content (AvgIpc) is 3.67. The molecule has 1 N–H and O–H groups in total. The zero-order valence-corrected chi connectivity index (χ0v) is 25.4. The van der Waals surface area contributed by atoms with E-state index in [0.29, 0.717) is 38.5 Å². The Bertz CT molecular complexity index is 1880. The summed E-state index contributed by atoms with van der Waals surface area (Å²) in [5.41, 5.74) is 2.81. The Balaban J connectivity index is 0.00000110. The number of likely N-dealkylation sites (N-methyl/N-ethyl adjacent to an activating group) is 1. The highest BCUT2D eigenvalue weighted by atomic mass is 19.1. The lowest BCUT2D eigenvalue weighted by Gasteiger charge is -2.27. The third-order valence-electron chi connectivity index (χ3n) is 8.86. The Morgan fingerprint density at radius 1 is 1.09 bits per heavy atom. The molecule has 2 aliphatic heterocycles. The molecule has 3 aromatic heterocycles. The van der Waals surface area contributed by atoms with E-state index >= 15 is 4.39 Å².